The Labute approximate surface area is 194 Å². The first-order valence-electron chi connectivity index (χ1n) is 10.3. The highest BCUT2D eigenvalue weighted by molar-refractivity contribution is 7.89. The van der Waals surface area contributed by atoms with Gasteiger partial charge >= 0.3 is 6.18 Å². The van der Waals surface area contributed by atoms with Gasteiger partial charge in [-0.2, -0.15) is 17.5 Å². The molecule has 1 aromatic heterocycles. The molecule has 34 heavy (non-hydrogen) atoms. The molecule has 0 atom stereocenters. The molecule has 0 aliphatic carbocycles. The Bertz CT molecular complexity index is 1280. The van der Waals surface area contributed by atoms with Gasteiger partial charge in [0.1, 0.15) is 16.4 Å². The number of sulfonamides is 1. The van der Waals surface area contributed by atoms with Crippen molar-refractivity contribution in [3.63, 3.8) is 0 Å². The lowest BCUT2D eigenvalue weighted by Gasteiger charge is -2.34. The number of hydrogen-bond acceptors (Lipinski definition) is 5. The van der Waals surface area contributed by atoms with Gasteiger partial charge in [-0.3, -0.25) is 9.78 Å². The van der Waals surface area contributed by atoms with Gasteiger partial charge in [-0.1, -0.05) is 12.1 Å². The average molecular weight is 491 g/mol. The van der Waals surface area contributed by atoms with Crippen molar-refractivity contribution in [2.45, 2.75) is 11.1 Å². The molecule has 1 fully saturated rings. The lowest BCUT2D eigenvalue weighted by Crippen LogP contribution is -2.50. The quantitative estimate of drug-likeness (QED) is 0.538. The number of aromatic nitrogens is 1. The van der Waals surface area contributed by atoms with E-state index in [1.165, 1.54) is 51.9 Å². The normalized spacial score (nSPS) is 15.2. The number of halogens is 3. The highest BCUT2D eigenvalue weighted by Crippen LogP contribution is 2.33. The number of ether oxygens (including phenoxy) is 1. The first kappa shape index (κ1) is 23.7. The number of rotatable bonds is 5. The van der Waals surface area contributed by atoms with Crippen LogP contribution in [-0.4, -0.2) is 54.7 Å². The minimum atomic E-state index is -4.50. The van der Waals surface area contributed by atoms with Gasteiger partial charge in [-0.15, -0.1) is 0 Å². The fraction of sp³-hybridized carbons (Fsp3) is 0.217. The van der Waals surface area contributed by atoms with Crippen molar-refractivity contribution in [2.24, 2.45) is 0 Å². The molecule has 1 saturated heterocycles. The number of hydrogen-bond donors (Lipinski definition) is 0. The Balaban J connectivity index is 1.42. The van der Waals surface area contributed by atoms with Crippen LogP contribution in [0.2, 0.25) is 0 Å². The number of amides is 1. The first-order chi connectivity index (χ1) is 16.1. The Morgan fingerprint density at radius 1 is 0.912 bits per heavy atom. The Hall–Kier alpha value is -3.44. The van der Waals surface area contributed by atoms with E-state index in [0.717, 1.165) is 12.1 Å². The predicted molar refractivity (Wildman–Crippen MR) is 117 cm³/mol. The van der Waals surface area contributed by atoms with Crippen LogP contribution in [0.15, 0.2) is 78.0 Å². The molecule has 0 N–H and O–H groups in total. The smallest absolute Gasteiger partial charge is 0.416 e. The first-order valence-corrected chi connectivity index (χ1v) is 11.7. The number of carbonyl (C=O) groups is 1. The molecular weight excluding hydrogens is 471 g/mol. The third-order valence-electron chi connectivity index (χ3n) is 5.28. The molecule has 0 bridgehead atoms. The molecule has 1 aliphatic heterocycles. The second-order valence-corrected chi connectivity index (χ2v) is 9.48. The molecule has 1 amide bonds. The zero-order valence-electron chi connectivity index (χ0n) is 17.8. The second-order valence-electron chi connectivity index (χ2n) is 7.54. The van der Waals surface area contributed by atoms with Gasteiger partial charge in [0.15, 0.2) is 0 Å². The van der Waals surface area contributed by atoms with Crippen molar-refractivity contribution < 1.29 is 31.1 Å². The van der Waals surface area contributed by atoms with Gasteiger partial charge in [-0.05, 0) is 48.5 Å². The lowest BCUT2D eigenvalue weighted by atomic mass is 10.1. The van der Waals surface area contributed by atoms with E-state index in [9.17, 15) is 26.4 Å². The summed E-state index contributed by atoms with van der Waals surface area (Å²) in [6.07, 6.45) is -1.73. The van der Waals surface area contributed by atoms with Gasteiger partial charge in [0.2, 0.25) is 10.0 Å². The standard InChI is InChI=1S/C23H20F3N3O4S/c24-23(25,26)18-5-2-7-20(15-18)33-19-6-1-4-17(14-19)22(30)28-10-12-29(13-11-28)34(31,32)21-8-3-9-27-16-21/h1-9,14-16H,10-13H2. The van der Waals surface area contributed by atoms with Gasteiger partial charge in [0.25, 0.3) is 5.91 Å². The van der Waals surface area contributed by atoms with Crippen LogP contribution in [0.5, 0.6) is 11.5 Å². The zero-order valence-corrected chi connectivity index (χ0v) is 18.6. The van der Waals surface area contributed by atoms with Crippen molar-refractivity contribution in [3.8, 4) is 11.5 Å². The van der Waals surface area contributed by atoms with Gasteiger partial charge < -0.3 is 9.64 Å². The third kappa shape index (κ3) is 5.20. The van der Waals surface area contributed by atoms with E-state index in [1.54, 1.807) is 18.2 Å². The van der Waals surface area contributed by atoms with Crippen molar-refractivity contribution in [1.29, 1.82) is 0 Å². The molecule has 1 aliphatic rings. The summed E-state index contributed by atoms with van der Waals surface area (Å²) in [6.45, 7) is 0.640. The molecule has 7 nitrogen and oxygen atoms in total. The maximum absolute atomic E-state index is 13.0. The van der Waals surface area contributed by atoms with E-state index < -0.39 is 21.8 Å². The molecule has 11 heteroatoms. The average Bonchev–Trinajstić information content (AvgIpc) is 2.84. The summed E-state index contributed by atoms with van der Waals surface area (Å²) in [5.74, 6) is -0.121. The Morgan fingerprint density at radius 3 is 2.24 bits per heavy atom. The monoisotopic (exact) mass is 491 g/mol. The minimum Gasteiger partial charge on any atom is -0.457 e. The molecule has 0 radical (unpaired) electrons. The third-order valence-corrected chi connectivity index (χ3v) is 7.16. The lowest BCUT2D eigenvalue weighted by molar-refractivity contribution is -0.137. The van der Waals surface area contributed by atoms with Crippen LogP contribution in [0.4, 0.5) is 13.2 Å². The highest BCUT2D eigenvalue weighted by atomic mass is 32.2. The number of benzene rings is 2. The number of nitrogens with zero attached hydrogens (tertiary/aromatic N) is 3. The van der Waals surface area contributed by atoms with Crippen LogP contribution in [-0.2, 0) is 16.2 Å². The highest BCUT2D eigenvalue weighted by Gasteiger charge is 2.31. The van der Waals surface area contributed by atoms with Crippen molar-refractivity contribution in [2.75, 3.05) is 26.2 Å². The number of carbonyl (C=O) groups excluding carboxylic acids is 1. The summed E-state index contributed by atoms with van der Waals surface area (Å²) in [5, 5.41) is 0. The molecule has 3 aromatic rings. The van der Waals surface area contributed by atoms with Crippen LogP contribution < -0.4 is 4.74 Å². The maximum atomic E-state index is 13.0. The number of pyridine rings is 1. The van der Waals surface area contributed by atoms with Gasteiger partial charge in [0, 0.05) is 44.1 Å². The summed E-state index contributed by atoms with van der Waals surface area (Å²) < 4.78 is 71.1. The van der Waals surface area contributed by atoms with Crippen LogP contribution >= 0.6 is 0 Å². The largest absolute Gasteiger partial charge is 0.457 e. The summed E-state index contributed by atoms with van der Waals surface area (Å²) in [5.41, 5.74) is -0.551. The van der Waals surface area contributed by atoms with E-state index >= 15 is 0 Å². The molecule has 178 valence electrons. The van der Waals surface area contributed by atoms with Crippen molar-refractivity contribution in [3.05, 3.63) is 84.2 Å². The molecule has 2 heterocycles. The summed E-state index contributed by atoms with van der Waals surface area (Å²) >= 11 is 0. The SMILES string of the molecule is O=C(c1cccc(Oc2cccc(C(F)(F)F)c2)c1)N1CCN(S(=O)(=O)c2cccnc2)CC1. The summed E-state index contributed by atoms with van der Waals surface area (Å²) in [7, 11) is -3.70. The number of alkyl halides is 3. The molecule has 0 unspecified atom stereocenters. The number of piperazine rings is 1. The predicted octanol–water partition coefficient (Wildman–Crippen LogP) is 4.04. The minimum absolute atomic E-state index is 0.00588. The molecule has 4 rings (SSSR count). The maximum Gasteiger partial charge on any atom is 0.416 e. The van der Waals surface area contributed by atoms with Crippen LogP contribution in [0.1, 0.15) is 15.9 Å². The van der Waals surface area contributed by atoms with Crippen molar-refractivity contribution >= 4 is 15.9 Å². The van der Waals surface area contributed by atoms with Gasteiger partial charge in [-0.25, -0.2) is 8.42 Å². The topological polar surface area (TPSA) is 79.8 Å². The van der Waals surface area contributed by atoms with E-state index in [-0.39, 0.29) is 54.0 Å². The van der Waals surface area contributed by atoms with Crippen molar-refractivity contribution in [1.82, 2.24) is 14.2 Å². The molecule has 0 spiro atoms. The second kappa shape index (κ2) is 9.43. The van der Waals surface area contributed by atoms with E-state index in [2.05, 4.69) is 4.98 Å². The summed E-state index contributed by atoms with van der Waals surface area (Å²) in [4.78, 5) is 18.4. The van der Waals surface area contributed by atoms with E-state index in [4.69, 9.17) is 4.74 Å². The summed E-state index contributed by atoms with van der Waals surface area (Å²) in [6, 6.07) is 13.6. The Kier molecular flexibility index (Phi) is 6.58. The van der Waals surface area contributed by atoms with Gasteiger partial charge in [0.05, 0.1) is 5.56 Å². The molecule has 2 aromatic carbocycles. The Morgan fingerprint density at radius 2 is 1.59 bits per heavy atom. The van der Waals surface area contributed by atoms with Crippen LogP contribution in [0.3, 0.4) is 0 Å². The van der Waals surface area contributed by atoms with E-state index in [0.29, 0.717) is 0 Å². The molecule has 0 saturated carbocycles. The van der Waals surface area contributed by atoms with E-state index in [1.807, 2.05) is 0 Å². The fourth-order valence-corrected chi connectivity index (χ4v) is 4.91. The van der Waals surface area contributed by atoms with Crippen LogP contribution in [0.25, 0.3) is 0 Å². The molecular formula is C23H20F3N3O4S. The zero-order chi connectivity index (χ0) is 24.3. The fourth-order valence-electron chi connectivity index (χ4n) is 3.53. The van der Waals surface area contributed by atoms with Crippen LogP contribution in [0, 0.1) is 0 Å².